The van der Waals surface area contributed by atoms with Crippen LogP contribution in [0.1, 0.15) is 27.4 Å². The minimum Gasteiger partial charge on any atom is -0.465 e. The Balaban J connectivity index is 1.66. The van der Waals surface area contributed by atoms with E-state index in [1.807, 2.05) is 39.0 Å². The first-order valence-electron chi connectivity index (χ1n) is 9.15. The van der Waals surface area contributed by atoms with Crippen molar-refractivity contribution in [2.24, 2.45) is 0 Å². The van der Waals surface area contributed by atoms with Gasteiger partial charge in [0.25, 0.3) is 5.89 Å². The molecular formula is C22H18FN3O4. The van der Waals surface area contributed by atoms with E-state index >= 15 is 0 Å². The fourth-order valence-corrected chi connectivity index (χ4v) is 3.33. The number of carbonyl (C=O) groups is 1. The SMILES string of the molecule is COC(=O)c1ccc(-c2noc(-c3ccc(-c4c(C)noc4C)c(C)c3)n2)cc1F. The monoisotopic (exact) mass is 407 g/mol. The van der Waals surface area contributed by atoms with Gasteiger partial charge in [0.05, 0.1) is 18.4 Å². The van der Waals surface area contributed by atoms with Crippen LogP contribution in [0.3, 0.4) is 0 Å². The van der Waals surface area contributed by atoms with Gasteiger partial charge in [-0.3, -0.25) is 0 Å². The van der Waals surface area contributed by atoms with Crippen molar-refractivity contribution in [3.63, 3.8) is 0 Å². The highest BCUT2D eigenvalue weighted by Crippen LogP contribution is 2.32. The molecule has 2 aromatic carbocycles. The van der Waals surface area contributed by atoms with E-state index in [-0.39, 0.29) is 11.4 Å². The zero-order chi connectivity index (χ0) is 21.4. The topological polar surface area (TPSA) is 91.2 Å². The van der Waals surface area contributed by atoms with Crippen LogP contribution in [0.25, 0.3) is 34.0 Å². The molecule has 4 rings (SSSR count). The van der Waals surface area contributed by atoms with Gasteiger partial charge in [-0.05, 0) is 62.2 Å². The van der Waals surface area contributed by atoms with E-state index in [4.69, 9.17) is 9.05 Å². The molecule has 0 atom stereocenters. The minimum absolute atomic E-state index is 0.157. The van der Waals surface area contributed by atoms with E-state index in [2.05, 4.69) is 20.0 Å². The number of esters is 1. The highest BCUT2D eigenvalue weighted by Gasteiger charge is 2.18. The quantitative estimate of drug-likeness (QED) is 0.444. The molecule has 0 unspecified atom stereocenters. The third kappa shape index (κ3) is 3.36. The van der Waals surface area contributed by atoms with Gasteiger partial charge in [-0.15, -0.1) is 0 Å². The Morgan fingerprint density at radius 2 is 1.77 bits per heavy atom. The number of rotatable bonds is 4. The number of carbonyl (C=O) groups excluding carboxylic acids is 1. The lowest BCUT2D eigenvalue weighted by molar-refractivity contribution is 0.0595. The van der Waals surface area contributed by atoms with Gasteiger partial charge < -0.3 is 13.8 Å². The molecule has 2 heterocycles. The number of nitrogens with zero attached hydrogens (tertiary/aromatic N) is 3. The maximum atomic E-state index is 14.2. The molecule has 0 saturated carbocycles. The number of methoxy groups -OCH3 is 1. The van der Waals surface area contributed by atoms with E-state index < -0.39 is 11.8 Å². The van der Waals surface area contributed by atoms with E-state index in [1.54, 1.807) is 0 Å². The van der Waals surface area contributed by atoms with Crippen LogP contribution in [0.2, 0.25) is 0 Å². The summed E-state index contributed by atoms with van der Waals surface area (Å²) in [5, 5.41) is 7.94. The molecule has 0 fully saturated rings. The molecule has 8 heteroatoms. The normalized spacial score (nSPS) is 11.0. The molecule has 4 aromatic rings. The van der Waals surface area contributed by atoms with Gasteiger partial charge in [0.2, 0.25) is 5.82 Å². The summed E-state index contributed by atoms with van der Waals surface area (Å²) < 4.78 is 29.4. The number of hydrogen-bond donors (Lipinski definition) is 0. The van der Waals surface area contributed by atoms with Crippen molar-refractivity contribution in [3.05, 3.63) is 64.8 Å². The molecular weight excluding hydrogens is 389 g/mol. The van der Waals surface area contributed by atoms with Gasteiger partial charge in [0, 0.05) is 16.7 Å². The maximum absolute atomic E-state index is 14.2. The van der Waals surface area contributed by atoms with E-state index in [1.165, 1.54) is 25.3 Å². The van der Waals surface area contributed by atoms with Gasteiger partial charge in [0.15, 0.2) is 0 Å². The van der Waals surface area contributed by atoms with Gasteiger partial charge >= 0.3 is 5.97 Å². The maximum Gasteiger partial charge on any atom is 0.340 e. The minimum atomic E-state index is -0.748. The summed E-state index contributed by atoms with van der Waals surface area (Å²) in [5.74, 6) is -0.198. The van der Waals surface area contributed by atoms with Crippen molar-refractivity contribution in [1.29, 1.82) is 0 Å². The van der Waals surface area contributed by atoms with Crippen LogP contribution in [0.5, 0.6) is 0 Å². The zero-order valence-electron chi connectivity index (χ0n) is 16.8. The lowest BCUT2D eigenvalue weighted by Crippen LogP contribution is -2.04. The molecule has 0 N–H and O–H groups in total. The Hall–Kier alpha value is -3.81. The predicted octanol–water partition coefficient (Wildman–Crippen LogP) is 4.91. The van der Waals surface area contributed by atoms with Crippen LogP contribution in [0.15, 0.2) is 45.4 Å². The van der Waals surface area contributed by atoms with Crippen molar-refractivity contribution in [1.82, 2.24) is 15.3 Å². The zero-order valence-corrected chi connectivity index (χ0v) is 16.8. The molecule has 0 aliphatic carbocycles. The Kier molecular flexibility index (Phi) is 4.91. The lowest BCUT2D eigenvalue weighted by atomic mass is 9.97. The van der Waals surface area contributed by atoms with Crippen molar-refractivity contribution in [2.45, 2.75) is 20.8 Å². The fraction of sp³-hybridized carbons (Fsp3) is 0.182. The molecule has 7 nitrogen and oxygen atoms in total. The van der Waals surface area contributed by atoms with Crippen LogP contribution in [-0.4, -0.2) is 28.4 Å². The number of aromatic nitrogens is 3. The molecule has 0 aliphatic heterocycles. The molecule has 0 bridgehead atoms. The first kappa shape index (κ1) is 19.5. The predicted molar refractivity (Wildman–Crippen MR) is 106 cm³/mol. The molecule has 2 aromatic heterocycles. The van der Waals surface area contributed by atoms with Gasteiger partial charge in [-0.2, -0.15) is 4.98 Å². The molecule has 0 spiro atoms. The Bertz CT molecular complexity index is 1240. The van der Waals surface area contributed by atoms with Crippen LogP contribution in [-0.2, 0) is 4.74 Å². The summed E-state index contributed by atoms with van der Waals surface area (Å²) in [5.41, 5.74) is 4.75. The van der Waals surface area contributed by atoms with Crippen molar-refractivity contribution in [2.75, 3.05) is 7.11 Å². The van der Waals surface area contributed by atoms with Crippen molar-refractivity contribution in [3.8, 4) is 34.0 Å². The summed E-state index contributed by atoms with van der Waals surface area (Å²) in [6, 6.07) is 9.79. The van der Waals surface area contributed by atoms with Gasteiger partial charge in [0.1, 0.15) is 11.6 Å². The number of benzene rings is 2. The molecule has 30 heavy (non-hydrogen) atoms. The third-order valence-electron chi connectivity index (χ3n) is 4.83. The third-order valence-corrected chi connectivity index (χ3v) is 4.83. The molecule has 0 radical (unpaired) electrons. The first-order valence-corrected chi connectivity index (χ1v) is 9.15. The van der Waals surface area contributed by atoms with Crippen molar-refractivity contribution >= 4 is 5.97 Å². The Morgan fingerprint density at radius 3 is 2.40 bits per heavy atom. The fourth-order valence-electron chi connectivity index (χ4n) is 3.33. The Labute approximate surface area is 171 Å². The Morgan fingerprint density at radius 1 is 1.00 bits per heavy atom. The number of hydrogen-bond acceptors (Lipinski definition) is 7. The van der Waals surface area contributed by atoms with Crippen molar-refractivity contribution < 1.29 is 23.0 Å². The molecule has 152 valence electrons. The molecule has 0 aliphatic rings. The molecule has 0 saturated heterocycles. The second kappa shape index (κ2) is 7.55. The highest BCUT2D eigenvalue weighted by atomic mass is 19.1. The highest BCUT2D eigenvalue weighted by molar-refractivity contribution is 5.90. The van der Waals surface area contributed by atoms with E-state index in [9.17, 15) is 9.18 Å². The number of ether oxygens (including phenoxy) is 1. The lowest BCUT2D eigenvalue weighted by Gasteiger charge is -2.06. The summed E-state index contributed by atoms with van der Waals surface area (Å²) >= 11 is 0. The second-order valence-electron chi connectivity index (χ2n) is 6.84. The van der Waals surface area contributed by atoms with E-state index in [0.29, 0.717) is 11.5 Å². The average Bonchev–Trinajstić information content (AvgIpc) is 3.35. The van der Waals surface area contributed by atoms with Crippen LogP contribution in [0, 0.1) is 26.6 Å². The number of aryl methyl sites for hydroxylation is 3. The van der Waals surface area contributed by atoms with Crippen LogP contribution in [0.4, 0.5) is 4.39 Å². The van der Waals surface area contributed by atoms with Gasteiger partial charge in [-0.1, -0.05) is 16.4 Å². The van der Waals surface area contributed by atoms with Crippen LogP contribution < -0.4 is 0 Å². The summed E-state index contributed by atoms with van der Waals surface area (Å²) in [4.78, 5) is 15.9. The van der Waals surface area contributed by atoms with Crippen LogP contribution >= 0.6 is 0 Å². The largest absolute Gasteiger partial charge is 0.465 e. The smallest absolute Gasteiger partial charge is 0.340 e. The summed E-state index contributed by atoms with van der Waals surface area (Å²) in [7, 11) is 1.19. The standard InChI is InChI=1S/C22H18FN3O4/c1-11-9-15(6-7-16(11)19-12(2)25-29-13(19)3)21-24-20(26-30-21)14-5-8-17(18(23)10-14)22(27)28-4/h5-10H,1-4H3. The molecule has 0 amide bonds. The van der Waals surface area contributed by atoms with E-state index in [0.717, 1.165) is 33.7 Å². The summed E-state index contributed by atoms with van der Waals surface area (Å²) in [6.07, 6.45) is 0. The first-order chi connectivity index (χ1) is 14.4. The summed E-state index contributed by atoms with van der Waals surface area (Å²) in [6.45, 7) is 5.74. The average molecular weight is 407 g/mol. The second-order valence-corrected chi connectivity index (χ2v) is 6.84. The van der Waals surface area contributed by atoms with Gasteiger partial charge in [-0.25, -0.2) is 9.18 Å². The number of halogens is 1.